The number of piperidine rings is 1. The van der Waals surface area contributed by atoms with Crippen LogP contribution in [0.4, 0.5) is 0 Å². The summed E-state index contributed by atoms with van der Waals surface area (Å²) in [6.45, 7) is 3.15. The first-order chi connectivity index (χ1) is 12.5. The van der Waals surface area contributed by atoms with E-state index in [2.05, 4.69) is 10.4 Å². The van der Waals surface area contributed by atoms with Crippen molar-refractivity contribution in [1.82, 2.24) is 20.0 Å². The molecule has 0 atom stereocenters. The van der Waals surface area contributed by atoms with Crippen molar-refractivity contribution >= 4 is 11.8 Å². The molecule has 1 aromatic heterocycles. The van der Waals surface area contributed by atoms with Crippen LogP contribution in [-0.4, -0.2) is 45.6 Å². The maximum Gasteiger partial charge on any atom is 0.271 e. The Labute approximate surface area is 151 Å². The summed E-state index contributed by atoms with van der Waals surface area (Å²) in [5.74, 6) is -0.238. The second kappa shape index (κ2) is 7.95. The van der Waals surface area contributed by atoms with Crippen LogP contribution in [0, 0.1) is 0 Å². The number of benzene rings is 1. The highest BCUT2D eigenvalue weighted by Gasteiger charge is 2.23. The van der Waals surface area contributed by atoms with E-state index in [4.69, 9.17) is 0 Å². The molecule has 1 aromatic carbocycles. The van der Waals surface area contributed by atoms with Gasteiger partial charge in [0.25, 0.3) is 11.5 Å². The van der Waals surface area contributed by atoms with Crippen molar-refractivity contribution in [1.29, 1.82) is 0 Å². The standard InChI is InChI=1S/C19H22N4O3/c1-14(24)22-11-9-16(10-12-22)20-19(26)17-7-8-18(25)23(21-17)13-15-5-3-2-4-6-15/h2-8,16H,9-13H2,1H3,(H,20,26). The number of likely N-dealkylation sites (tertiary alicyclic amines) is 1. The lowest BCUT2D eigenvalue weighted by molar-refractivity contribution is -0.129. The van der Waals surface area contributed by atoms with Gasteiger partial charge in [0.1, 0.15) is 5.69 Å². The zero-order valence-corrected chi connectivity index (χ0v) is 14.7. The van der Waals surface area contributed by atoms with Crippen molar-refractivity contribution in [3.8, 4) is 0 Å². The number of nitrogens with zero attached hydrogens (tertiary/aromatic N) is 3. The molecule has 7 nitrogen and oxygen atoms in total. The molecule has 3 rings (SSSR count). The molecule has 2 amide bonds. The van der Waals surface area contributed by atoms with Crippen LogP contribution < -0.4 is 10.9 Å². The Hall–Kier alpha value is -2.96. The normalized spacial score (nSPS) is 14.9. The van der Waals surface area contributed by atoms with Gasteiger partial charge in [-0.05, 0) is 24.5 Å². The fourth-order valence-corrected chi connectivity index (χ4v) is 3.04. The fourth-order valence-electron chi connectivity index (χ4n) is 3.04. The lowest BCUT2D eigenvalue weighted by Crippen LogP contribution is -2.46. The molecule has 1 aliphatic rings. The minimum absolute atomic E-state index is 0.00871. The molecule has 2 heterocycles. The average molecular weight is 354 g/mol. The molecule has 0 saturated carbocycles. The molecule has 2 aromatic rings. The summed E-state index contributed by atoms with van der Waals surface area (Å²) in [4.78, 5) is 37.6. The quantitative estimate of drug-likeness (QED) is 0.889. The average Bonchev–Trinajstić information content (AvgIpc) is 2.65. The van der Waals surface area contributed by atoms with Crippen LogP contribution in [-0.2, 0) is 11.3 Å². The molecule has 1 N–H and O–H groups in total. The van der Waals surface area contributed by atoms with E-state index in [1.807, 2.05) is 30.3 Å². The summed E-state index contributed by atoms with van der Waals surface area (Å²) >= 11 is 0. The summed E-state index contributed by atoms with van der Waals surface area (Å²) in [6, 6.07) is 12.3. The van der Waals surface area contributed by atoms with E-state index >= 15 is 0 Å². The Morgan fingerprint density at radius 2 is 1.81 bits per heavy atom. The summed E-state index contributed by atoms with van der Waals surface area (Å²) < 4.78 is 1.29. The number of amides is 2. The second-order valence-electron chi connectivity index (χ2n) is 6.45. The maximum absolute atomic E-state index is 12.5. The Morgan fingerprint density at radius 3 is 2.46 bits per heavy atom. The predicted molar refractivity (Wildman–Crippen MR) is 96.8 cm³/mol. The molecule has 136 valence electrons. The lowest BCUT2D eigenvalue weighted by Gasteiger charge is -2.31. The Kier molecular flexibility index (Phi) is 5.46. The molecule has 0 spiro atoms. The minimum Gasteiger partial charge on any atom is -0.348 e. The SMILES string of the molecule is CC(=O)N1CCC(NC(=O)c2ccc(=O)n(Cc3ccccc3)n2)CC1. The molecular formula is C19H22N4O3. The Morgan fingerprint density at radius 1 is 1.12 bits per heavy atom. The second-order valence-corrected chi connectivity index (χ2v) is 6.45. The fraction of sp³-hybridized carbons (Fsp3) is 0.368. The van der Waals surface area contributed by atoms with Gasteiger partial charge in [-0.2, -0.15) is 5.10 Å². The van der Waals surface area contributed by atoms with Crippen LogP contribution >= 0.6 is 0 Å². The van der Waals surface area contributed by atoms with Crippen molar-refractivity contribution in [2.75, 3.05) is 13.1 Å². The van der Waals surface area contributed by atoms with Crippen molar-refractivity contribution in [3.05, 3.63) is 64.1 Å². The number of carbonyl (C=O) groups excluding carboxylic acids is 2. The Balaban J connectivity index is 1.66. The lowest BCUT2D eigenvalue weighted by atomic mass is 10.0. The van der Waals surface area contributed by atoms with Gasteiger partial charge in [-0.15, -0.1) is 0 Å². The van der Waals surface area contributed by atoms with E-state index in [1.54, 1.807) is 11.8 Å². The third-order valence-electron chi connectivity index (χ3n) is 4.55. The van der Waals surface area contributed by atoms with Crippen molar-refractivity contribution in [2.45, 2.75) is 32.4 Å². The van der Waals surface area contributed by atoms with Gasteiger partial charge in [0.15, 0.2) is 0 Å². The molecule has 0 aliphatic carbocycles. The number of hydrogen-bond acceptors (Lipinski definition) is 4. The van der Waals surface area contributed by atoms with Crippen LogP contribution in [0.15, 0.2) is 47.3 Å². The third-order valence-corrected chi connectivity index (χ3v) is 4.55. The van der Waals surface area contributed by atoms with Gasteiger partial charge in [0.2, 0.25) is 5.91 Å². The van der Waals surface area contributed by atoms with Crippen LogP contribution in [0.5, 0.6) is 0 Å². The van der Waals surface area contributed by atoms with Gasteiger partial charge in [0, 0.05) is 32.1 Å². The van der Waals surface area contributed by atoms with Gasteiger partial charge < -0.3 is 10.2 Å². The first-order valence-electron chi connectivity index (χ1n) is 8.71. The molecule has 7 heteroatoms. The highest BCUT2D eigenvalue weighted by molar-refractivity contribution is 5.92. The topological polar surface area (TPSA) is 84.3 Å². The zero-order chi connectivity index (χ0) is 18.5. The van der Waals surface area contributed by atoms with E-state index < -0.39 is 0 Å². The molecule has 1 fully saturated rings. The molecule has 26 heavy (non-hydrogen) atoms. The largest absolute Gasteiger partial charge is 0.348 e. The zero-order valence-electron chi connectivity index (χ0n) is 14.7. The van der Waals surface area contributed by atoms with Crippen molar-refractivity contribution in [2.24, 2.45) is 0 Å². The first kappa shape index (κ1) is 17.8. The smallest absolute Gasteiger partial charge is 0.271 e. The minimum atomic E-state index is -0.298. The number of aromatic nitrogens is 2. The van der Waals surface area contributed by atoms with Gasteiger partial charge >= 0.3 is 0 Å². The number of rotatable bonds is 4. The van der Waals surface area contributed by atoms with Gasteiger partial charge in [-0.3, -0.25) is 14.4 Å². The number of carbonyl (C=O) groups is 2. The Bertz CT molecular complexity index is 839. The first-order valence-corrected chi connectivity index (χ1v) is 8.71. The number of hydrogen-bond donors (Lipinski definition) is 1. The van der Waals surface area contributed by atoms with Crippen molar-refractivity contribution in [3.63, 3.8) is 0 Å². The van der Waals surface area contributed by atoms with Crippen LogP contribution in [0.25, 0.3) is 0 Å². The molecule has 1 aliphatic heterocycles. The van der Waals surface area contributed by atoms with E-state index in [0.29, 0.717) is 19.6 Å². The molecule has 1 saturated heterocycles. The summed E-state index contributed by atoms with van der Waals surface area (Å²) in [7, 11) is 0. The predicted octanol–water partition coefficient (Wildman–Crippen LogP) is 1.03. The monoisotopic (exact) mass is 354 g/mol. The van der Waals surface area contributed by atoms with Crippen LogP contribution in [0.2, 0.25) is 0 Å². The van der Waals surface area contributed by atoms with Crippen LogP contribution in [0.3, 0.4) is 0 Å². The van der Waals surface area contributed by atoms with Gasteiger partial charge in [-0.1, -0.05) is 30.3 Å². The molecule has 0 radical (unpaired) electrons. The molecule has 0 bridgehead atoms. The highest BCUT2D eigenvalue weighted by Crippen LogP contribution is 2.11. The summed E-state index contributed by atoms with van der Waals surface area (Å²) in [6.07, 6.45) is 1.43. The third kappa shape index (κ3) is 4.36. The summed E-state index contributed by atoms with van der Waals surface area (Å²) in [5, 5.41) is 7.15. The molecule has 0 unspecified atom stereocenters. The van der Waals surface area contributed by atoms with E-state index in [-0.39, 0.29) is 29.1 Å². The van der Waals surface area contributed by atoms with Crippen LogP contribution in [0.1, 0.15) is 35.8 Å². The highest BCUT2D eigenvalue weighted by atomic mass is 16.2. The molecular weight excluding hydrogens is 332 g/mol. The number of nitrogens with one attached hydrogen (secondary N) is 1. The van der Waals surface area contributed by atoms with E-state index in [9.17, 15) is 14.4 Å². The van der Waals surface area contributed by atoms with E-state index in [0.717, 1.165) is 18.4 Å². The van der Waals surface area contributed by atoms with Gasteiger partial charge in [-0.25, -0.2) is 4.68 Å². The summed E-state index contributed by atoms with van der Waals surface area (Å²) in [5.41, 5.74) is 0.908. The van der Waals surface area contributed by atoms with Crippen molar-refractivity contribution < 1.29 is 9.59 Å². The maximum atomic E-state index is 12.5. The van der Waals surface area contributed by atoms with E-state index in [1.165, 1.54) is 16.8 Å². The van der Waals surface area contributed by atoms with Gasteiger partial charge in [0.05, 0.1) is 6.54 Å².